The number of fused-ring (bicyclic) bond motifs is 1. The summed E-state index contributed by atoms with van der Waals surface area (Å²) in [6.07, 6.45) is 3.84. The molecular weight excluding hydrogens is 404 g/mol. The fraction of sp³-hybridized carbons (Fsp3) is 0.240. The molecular formula is C25H26N4O3. The first-order valence-electron chi connectivity index (χ1n) is 10.6. The number of hydrogen-bond acceptors (Lipinski definition) is 5. The van der Waals surface area contributed by atoms with Crippen LogP contribution in [0.15, 0.2) is 73.1 Å². The van der Waals surface area contributed by atoms with E-state index < -0.39 is 0 Å². The summed E-state index contributed by atoms with van der Waals surface area (Å²) < 4.78 is 5.16. The van der Waals surface area contributed by atoms with Gasteiger partial charge in [-0.25, -0.2) is 0 Å². The first-order valence-corrected chi connectivity index (χ1v) is 10.6. The van der Waals surface area contributed by atoms with Crippen molar-refractivity contribution < 1.29 is 14.3 Å². The lowest BCUT2D eigenvalue weighted by molar-refractivity contribution is 0.0721. The van der Waals surface area contributed by atoms with Crippen molar-refractivity contribution in [2.45, 2.75) is 19.1 Å². The molecule has 0 saturated carbocycles. The van der Waals surface area contributed by atoms with Gasteiger partial charge in [-0.15, -0.1) is 0 Å². The molecule has 164 valence electrons. The number of benzene rings is 2. The van der Waals surface area contributed by atoms with Gasteiger partial charge in [-0.1, -0.05) is 24.3 Å². The molecule has 1 atom stereocenters. The molecule has 1 aliphatic rings. The van der Waals surface area contributed by atoms with Gasteiger partial charge in [0.25, 0.3) is 11.8 Å². The number of amides is 2. The number of ether oxygens (including phenoxy) is 1. The van der Waals surface area contributed by atoms with Crippen LogP contribution in [0.5, 0.6) is 0 Å². The van der Waals surface area contributed by atoms with Crippen molar-refractivity contribution in [3.63, 3.8) is 0 Å². The average molecular weight is 431 g/mol. The van der Waals surface area contributed by atoms with E-state index in [0.29, 0.717) is 30.8 Å². The van der Waals surface area contributed by atoms with Gasteiger partial charge in [-0.2, -0.15) is 0 Å². The molecule has 4 rings (SSSR count). The second-order valence-corrected chi connectivity index (χ2v) is 7.60. The Morgan fingerprint density at radius 1 is 1.09 bits per heavy atom. The van der Waals surface area contributed by atoms with Crippen LogP contribution in [0.25, 0.3) is 0 Å². The summed E-state index contributed by atoms with van der Waals surface area (Å²) in [5, 5.41) is 6.38. The van der Waals surface area contributed by atoms with Crippen LogP contribution in [0.1, 0.15) is 44.4 Å². The van der Waals surface area contributed by atoms with E-state index in [1.165, 1.54) is 0 Å². The van der Waals surface area contributed by atoms with E-state index in [4.69, 9.17) is 4.74 Å². The Balaban J connectivity index is 1.49. The van der Waals surface area contributed by atoms with E-state index in [9.17, 15) is 9.59 Å². The number of carbonyl (C=O) groups is 2. The second-order valence-electron chi connectivity index (χ2n) is 7.60. The van der Waals surface area contributed by atoms with Crippen molar-refractivity contribution in [3.05, 3.63) is 95.3 Å². The summed E-state index contributed by atoms with van der Waals surface area (Å²) in [6.45, 7) is 1.59. The van der Waals surface area contributed by atoms with Crippen molar-refractivity contribution in [2.24, 2.45) is 0 Å². The van der Waals surface area contributed by atoms with E-state index in [0.717, 1.165) is 23.2 Å². The molecule has 0 aliphatic carbocycles. The molecule has 7 nitrogen and oxygen atoms in total. The van der Waals surface area contributed by atoms with Crippen LogP contribution < -0.4 is 10.6 Å². The number of rotatable bonds is 9. The molecule has 3 aromatic rings. The third-order valence-corrected chi connectivity index (χ3v) is 5.44. The van der Waals surface area contributed by atoms with Crippen LogP contribution in [0.4, 0.5) is 5.69 Å². The fourth-order valence-corrected chi connectivity index (χ4v) is 3.83. The number of methoxy groups -OCH3 is 1. The van der Waals surface area contributed by atoms with Crippen molar-refractivity contribution in [2.75, 3.05) is 25.6 Å². The molecule has 2 N–H and O–H groups in total. The lowest BCUT2D eigenvalue weighted by atomic mass is 10.1. The van der Waals surface area contributed by atoms with E-state index >= 15 is 0 Å². The molecule has 0 saturated heterocycles. The topological polar surface area (TPSA) is 83.6 Å². The summed E-state index contributed by atoms with van der Waals surface area (Å²) in [7, 11) is 1.65. The number of nitrogens with one attached hydrogen (secondary N) is 2. The molecule has 2 aromatic carbocycles. The molecule has 0 spiro atoms. The number of carbonyl (C=O) groups excluding carboxylic acids is 2. The molecule has 0 radical (unpaired) electrons. The summed E-state index contributed by atoms with van der Waals surface area (Å²) in [6, 6.07) is 18.7. The quantitative estimate of drug-likeness (QED) is 0.507. The van der Waals surface area contributed by atoms with Crippen LogP contribution >= 0.6 is 0 Å². The largest absolute Gasteiger partial charge is 0.385 e. The molecule has 0 fully saturated rings. The van der Waals surface area contributed by atoms with Crippen molar-refractivity contribution in [1.29, 1.82) is 0 Å². The maximum atomic E-state index is 13.0. The zero-order valence-electron chi connectivity index (χ0n) is 18.0. The predicted molar refractivity (Wildman–Crippen MR) is 122 cm³/mol. The van der Waals surface area contributed by atoms with Gasteiger partial charge >= 0.3 is 0 Å². The lowest BCUT2D eigenvalue weighted by Gasteiger charge is -2.27. The van der Waals surface area contributed by atoms with Crippen molar-refractivity contribution in [1.82, 2.24) is 15.2 Å². The Labute approximate surface area is 187 Å². The Kier molecular flexibility index (Phi) is 6.77. The summed E-state index contributed by atoms with van der Waals surface area (Å²) in [5.41, 5.74) is 3.94. The molecule has 2 heterocycles. The third kappa shape index (κ3) is 4.78. The Morgan fingerprint density at radius 3 is 2.72 bits per heavy atom. The smallest absolute Gasteiger partial charge is 0.256 e. The van der Waals surface area contributed by atoms with Crippen LogP contribution in [0, 0.1) is 0 Å². The molecule has 0 bridgehead atoms. The molecule has 32 heavy (non-hydrogen) atoms. The normalized spacial score (nSPS) is 14.8. The van der Waals surface area contributed by atoms with Crippen LogP contribution in [-0.2, 0) is 11.3 Å². The first kappa shape index (κ1) is 21.5. The average Bonchev–Trinajstić information content (AvgIpc) is 3.10. The first-order chi connectivity index (χ1) is 15.7. The van der Waals surface area contributed by atoms with Gasteiger partial charge in [0, 0.05) is 61.6 Å². The summed E-state index contributed by atoms with van der Waals surface area (Å²) in [4.78, 5) is 31.4. The van der Waals surface area contributed by atoms with Gasteiger partial charge in [0.15, 0.2) is 0 Å². The SMILES string of the molecule is COCCCN1C(=O)c2ccccc2C1Nc1cccc(C(=O)NCc2ccncc2)c1. The number of aromatic nitrogens is 1. The summed E-state index contributed by atoms with van der Waals surface area (Å²) >= 11 is 0. The maximum Gasteiger partial charge on any atom is 0.256 e. The zero-order valence-corrected chi connectivity index (χ0v) is 18.0. The highest BCUT2D eigenvalue weighted by Gasteiger charge is 2.36. The number of nitrogens with zero attached hydrogens (tertiary/aromatic N) is 2. The molecule has 1 aromatic heterocycles. The van der Waals surface area contributed by atoms with Gasteiger partial charge in [0.2, 0.25) is 0 Å². The zero-order chi connectivity index (χ0) is 22.3. The van der Waals surface area contributed by atoms with E-state index in [1.54, 1.807) is 31.6 Å². The monoisotopic (exact) mass is 430 g/mol. The fourth-order valence-electron chi connectivity index (χ4n) is 3.83. The van der Waals surface area contributed by atoms with Gasteiger partial charge in [0.1, 0.15) is 6.17 Å². The van der Waals surface area contributed by atoms with Crippen LogP contribution in [0.2, 0.25) is 0 Å². The van der Waals surface area contributed by atoms with Crippen molar-refractivity contribution in [3.8, 4) is 0 Å². The van der Waals surface area contributed by atoms with E-state index in [1.807, 2.05) is 53.4 Å². The molecule has 2 amide bonds. The second kappa shape index (κ2) is 10.1. The van der Waals surface area contributed by atoms with Gasteiger partial charge in [-0.3, -0.25) is 14.6 Å². The minimum atomic E-state index is -0.300. The van der Waals surface area contributed by atoms with E-state index in [2.05, 4.69) is 15.6 Å². The Morgan fingerprint density at radius 2 is 1.91 bits per heavy atom. The van der Waals surface area contributed by atoms with Gasteiger partial charge in [0.05, 0.1) is 0 Å². The van der Waals surface area contributed by atoms with E-state index in [-0.39, 0.29) is 18.0 Å². The predicted octanol–water partition coefficient (Wildman–Crippen LogP) is 3.61. The number of pyridine rings is 1. The lowest BCUT2D eigenvalue weighted by Crippen LogP contribution is -2.33. The maximum absolute atomic E-state index is 13.0. The van der Waals surface area contributed by atoms with Crippen molar-refractivity contribution >= 4 is 17.5 Å². The van der Waals surface area contributed by atoms with Crippen LogP contribution in [0.3, 0.4) is 0 Å². The standard InChI is InChI=1S/C25H26N4O3/c1-32-15-5-14-29-23(21-8-2-3-9-22(21)25(29)31)28-20-7-4-6-19(16-20)24(30)27-17-18-10-12-26-13-11-18/h2-4,6-13,16,23,28H,5,14-15,17H2,1H3,(H,27,30). The highest BCUT2D eigenvalue weighted by atomic mass is 16.5. The highest BCUT2D eigenvalue weighted by Crippen LogP contribution is 2.34. The molecule has 7 heteroatoms. The third-order valence-electron chi connectivity index (χ3n) is 5.44. The minimum absolute atomic E-state index is 0.000418. The molecule has 1 aliphatic heterocycles. The number of hydrogen-bond donors (Lipinski definition) is 2. The molecule has 1 unspecified atom stereocenters. The Hall–Kier alpha value is -3.71. The summed E-state index contributed by atoms with van der Waals surface area (Å²) in [5.74, 6) is -0.161. The highest BCUT2D eigenvalue weighted by molar-refractivity contribution is 5.99. The number of anilines is 1. The van der Waals surface area contributed by atoms with Crippen LogP contribution in [-0.4, -0.2) is 42.0 Å². The Bertz CT molecular complexity index is 1090. The minimum Gasteiger partial charge on any atom is -0.385 e. The van der Waals surface area contributed by atoms with Gasteiger partial charge in [-0.05, 0) is 48.4 Å². The van der Waals surface area contributed by atoms with Gasteiger partial charge < -0.3 is 20.3 Å².